The van der Waals surface area contributed by atoms with Gasteiger partial charge in [0.1, 0.15) is 5.75 Å². The molecule has 0 spiro atoms. The van der Waals surface area contributed by atoms with Crippen molar-refractivity contribution >= 4 is 0 Å². The van der Waals surface area contributed by atoms with Crippen LogP contribution in [0.25, 0.3) is 10.4 Å². The van der Waals surface area contributed by atoms with Gasteiger partial charge in [-0.25, -0.2) is 0 Å². The second kappa shape index (κ2) is 3.37. The molecule has 0 bridgehead atoms. The van der Waals surface area contributed by atoms with E-state index in [4.69, 9.17) is 10.3 Å². The van der Waals surface area contributed by atoms with Gasteiger partial charge in [0.05, 0.1) is 12.6 Å². The van der Waals surface area contributed by atoms with Crippen LogP contribution in [-0.2, 0) is 6.42 Å². The predicted molar refractivity (Wildman–Crippen MR) is 48.6 cm³/mol. The molecule has 0 fully saturated rings. The summed E-state index contributed by atoms with van der Waals surface area (Å²) in [6, 6.07) is 7.77. The van der Waals surface area contributed by atoms with E-state index in [9.17, 15) is 0 Å². The van der Waals surface area contributed by atoms with Gasteiger partial charge in [-0.2, -0.15) is 0 Å². The van der Waals surface area contributed by atoms with Crippen LogP contribution >= 0.6 is 0 Å². The number of hydrogen-bond acceptors (Lipinski definition) is 2. The summed E-state index contributed by atoms with van der Waals surface area (Å²) in [6.45, 7) is 0.487. The highest BCUT2D eigenvalue weighted by atomic mass is 16.5. The molecule has 1 aliphatic rings. The summed E-state index contributed by atoms with van der Waals surface area (Å²) in [7, 11) is 0. The number of benzene rings is 1. The van der Waals surface area contributed by atoms with Crippen molar-refractivity contribution in [1.82, 2.24) is 0 Å². The third kappa shape index (κ3) is 1.58. The molecule has 2 rings (SSSR count). The molecular formula is C9H9N3O. The monoisotopic (exact) mass is 175 g/mol. The quantitative estimate of drug-likeness (QED) is 0.367. The molecule has 1 aromatic carbocycles. The minimum absolute atomic E-state index is 0.0556. The number of para-hydroxylation sites is 1. The Morgan fingerprint density at radius 1 is 1.46 bits per heavy atom. The van der Waals surface area contributed by atoms with Crippen LogP contribution in [0.3, 0.4) is 0 Å². The van der Waals surface area contributed by atoms with Crippen molar-refractivity contribution in [2.24, 2.45) is 5.11 Å². The maximum absolute atomic E-state index is 8.27. The largest absolute Gasteiger partial charge is 0.493 e. The Balaban J connectivity index is 2.24. The molecule has 0 radical (unpaired) electrons. The number of rotatable bonds is 1. The van der Waals surface area contributed by atoms with Crippen LogP contribution in [0, 0.1) is 0 Å². The third-order valence-corrected chi connectivity index (χ3v) is 2.07. The maximum Gasteiger partial charge on any atom is 0.122 e. The van der Waals surface area contributed by atoms with Gasteiger partial charge in [0, 0.05) is 4.91 Å². The summed E-state index contributed by atoms with van der Waals surface area (Å²) in [5, 5.41) is 3.64. The Morgan fingerprint density at radius 3 is 3.15 bits per heavy atom. The summed E-state index contributed by atoms with van der Waals surface area (Å²) in [4.78, 5) is 2.78. The molecule has 1 atom stereocenters. The van der Waals surface area contributed by atoms with E-state index in [2.05, 4.69) is 10.0 Å². The lowest BCUT2D eigenvalue weighted by atomic mass is 10.0. The fourth-order valence-electron chi connectivity index (χ4n) is 1.46. The first-order valence-electron chi connectivity index (χ1n) is 4.15. The van der Waals surface area contributed by atoms with Crippen molar-refractivity contribution in [2.75, 3.05) is 6.61 Å². The fourth-order valence-corrected chi connectivity index (χ4v) is 1.46. The number of azide groups is 1. The molecule has 0 aliphatic carbocycles. The first-order chi connectivity index (χ1) is 6.40. The second-order valence-corrected chi connectivity index (χ2v) is 2.98. The predicted octanol–water partition coefficient (Wildman–Crippen LogP) is 2.30. The van der Waals surface area contributed by atoms with Gasteiger partial charge in [0.25, 0.3) is 0 Å². The highest BCUT2D eigenvalue weighted by molar-refractivity contribution is 5.35. The third-order valence-electron chi connectivity index (χ3n) is 2.07. The van der Waals surface area contributed by atoms with Gasteiger partial charge in [-0.05, 0) is 23.6 Å². The van der Waals surface area contributed by atoms with E-state index >= 15 is 0 Å². The average molecular weight is 175 g/mol. The van der Waals surface area contributed by atoms with E-state index in [0.717, 1.165) is 17.7 Å². The molecule has 0 saturated carbocycles. The first kappa shape index (κ1) is 7.95. The van der Waals surface area contributed by atoms with Gasteiger partial charge in [-0.15, -0.1) is 0 Å². The SMILES string of the molecule is [N-]=[N+]=NC1COc2ccccc2C1. The van der Waals surface area contributed by atoms with Crippen LogP contribution in [0.1, 0.15) is 5.56 Å². The molecule has 13 heavy (non-hydrogen) atoms. The molecule has 0 amide bonds. The zero-order chi connectivity index (χ0) is 9.10. The number of ether oxygens (including phenoxy) is 1. The van der Waals surface area contributed by atoms with Gasteiger partial charge in [-0.1, -0.05) is 23.3 Å². The minimum atomic E-state index is -0.0556. The Bertz CT molecular complexity index is 358. The molecule has 1 aromatic rings. The van der Waals surface area contributed by atoms with E-state index in [0.29, 0.717) is 6.61 Å². The van der Waals surface area contributed by atoms with Gasteiger partial charge < -0.3 is 4.74 Å². The summed E-state index contributed by atoms with van der Waals surface area (Å²) in [5.41, 5.74) is 9.39. The Labute approximate surface area is 75.8 Å². The van der Waals surface area contributed by atoms with Crippen LogP contribution in [0.2, 0.25) is 0 Å². The molecular weight excluding hydrogens is 166 g/mol. The zero-order valence-corrected chi connectivity index (χ0v) is 7.05. The summed E-state index contributed by atoms with van der Waals surface area (Å²) in [6.07, 6.45) is 0.778. The van der Waals surface area contributed by atoms with Crippen molar-refractivity contribution in [3.05, 3.63) is 40.3 Å². The van der Waals surface area contributed by atoms with Crippen molar-refractivity contribution in [3.8, 4) is 5.75 Å². The normalized spacial score (nSPS) is 19.5. The molecule has 1 heterocycles. The van der Waals surface area contributed by atoms with E-state index in [1.165, 1.54) is 0 Å². The number of hydrogen-bond donors (Lipinski definition) is 0. The van der Waals surface area contributed by atoms with Crippen LogP contribution in [0.4, 0.5) is 0 Å². The first-order valence-corrected chi connectivity index (χ1v) is 4.15. The zero-order valence-electron chi connectivity index (χ0n) is 7.05. The summed E-state index contributed by atoms with van der Waals surface area (Å²) >= 11 is 0. The average Bonchev–Trinajstić information content (AvgIpc) is 2.18. The minimum Gasteiger partial charge on any atom is -0.493 e. The highest BCUT2D eigenvalue weighted by Gasteiger charge is 2.17. The summed E-state index contributed by atoms with van der Waals surface area (Å²) < 4.78 is 5.42. The molecule has 1 unspecified atom stereocenters. The van der Waals surface area contributed by atoms with Crippen molar-refractivity contribution < 1.29 is 4.74 Å². The highest BCUT2D eigenvalue weighted by Crippen LogP contribution is 2.24. The van der Waals surface area contributed by atoms with Crippen LogP contribution in [0.5, 0.6) is 5.75 Å². The Kier molecular flexibility index (Phi) is 2.06. The van der Waals surface area contributed by atoms with E-state index in [1.54, 1.807) is 0 Å². The van der Waals surface area contributed by atoms with E-state index in [-0.39, 0.29) is 6.04 Å². The number of nitrogens with zero attached hydrogens (tertiary/aromatic N) is 3. The van der Waals surface area contributed by atoms with Crippen molar-refractivity contribution in [1.29, 1.82) is 0 Å². The molecule has 1 aliphatic heterocycles. The molecule has 4 nitrogen and oxygen atoms in total. The van der Waals surface area contributed by atoms with Crippen LogP contribution in [-0.4, -0.2) is 12.6 Å². The molecule has 0 saturated heterocycles. The van der Waals surface area contributed by atoms with Gasteiger partial charge in [-0.3, -0.25) is 0 Å². The maximum atomic E-state index is 8.27. The molecule has 0 N–H and O–H groups in total. The standard InChI is InChI=1S/C9H9N3O/c10-12-11-8-5-7-3-1-2-4-9(7)13-6-8/h1-4,8H,5-6H2. The smallest absolute Gasteiger partial charge is 0.122 e. The lowest BCUT2D eigenvalue weighted by Crippen LogP contribution is -2.23. The Hall–Kier alpha value is -1.67. The molecule has 4 heteroatoms. The lowest BCUT2D eigenvalue weighted by molar-refractivity contribution is 0.263. The molecule has 66 valence electrons. The van der Waals surface area contributed by atoms with E-state index in [1.807, 2.05) is 24.3 Å². The van der Waals surface area contributed by atoms with Crippen LogP contribution < -0.4 is 4.74 Å². The topological polar surface area (TPSA) is 58.0 Å². The Morgan fingerprint density at radius 2 is 2.31 bits per heavy atom. The summed E-state index contributed by atoms with van der Waals surface area (Å²) in [5.74, 6) is 0.909. The van der Waals surface area contributed by atoms with Gasteiger partial charge >= 0.3 is 0 Å². The fraction of sp³-hybridized carbons (Fsp3) is 0.333. The second-order valence-electron chi connectivity index (χ2n) is 2.98. The van der Waals surface area contributed by atoms with Gasteiger partial charge in [0.2, 0.25) is 0 Å². The number of fused-ring (bicyclic) bond motifs is 1. The van der Waals surface area contributed by atoms with Crippen molar-refractivity contribution in [3.63, 3.8) is 0 Å². The lowest BCUT2D eigenvalue weighted by Gasteiger charge is -2.21. The van der Waals surface area contributed by atoms with Crippen LogP contribution in [0.15, 0.2) is 29.4 Å². The van der Waals surface area contributed by atoms with Gasteiger partial charge in [0.15, 0.2) is 0 Å². The molecule has 0 aromatic heterocycles. The van der Waals surface area contributed by atoms with Crippen molar-refractivity contribution in [2.45, 2.75) is 12.5 Å². The van der Waals surface area contributed by atoms with E-state index < -0.39 is 0 Å².